The van der Waals surface area contributed by atoms with Gasteiger partial charge in [0.1, 0.15) is 11.6 Å². The molecule has 0 atom stereocenters. The highest BCUT2D eigenvalue weighted by Gasteiger charge is 2.14. The molecule has 0 fully saturated rings. The molecule has 86 valence electrons. The second-order valence-corrected chi connectivity index (χ2v) is 3.28. The zero-order valence-electron chi connectivity index (χ0n) is 8.67. The Kier molecular flexibility index (Phi) is 3.00. The summed E-state index contributed by atoms with van der Waals surface area (Å²) in [6, 6.07) is 11.4. The fourth-order valence-corrected chi connectivity index (χ4v) is 1.35. The molecule has 0 aliphatic heterocycles. The zero-order chi connectivity index (χ0) is 12.3. The Hall–Kier alpha value is -2.43. The van der Waals surface area contributed by atoms with Crippen molar-refractivity contribution in [2.75, 3.05) is 0 Å². The average Bonchev–Trinajstić information content (AvgIpc) is 2.29. The number of hydrogen-bond donors (Lipinski definition) is 0. The van der Waals surface area contributed by atoms with Crippen molar-refractivity contribution in [1.82, 2.24) is 0 Å². The van der Waals surface area contributed by atoms with Crippen LogP contribution in [0.4, 0.5) is 10.1 Å². The highest BCUT2D eigenvalue weighted by Crippen LogP contribution is 2.30. The molecule has 0 unspecified atom stereocenters. The van der Waals surface area contributed by atoms with Gasteiger partial charge in [-0.3, -0.25) is 10.1 Å². The fraction of sp³-hybridized carbons (Fsp3) is 0. The summed E-state index contributed by atoms with van der Waals surface area (Å²) in [6.07, 6.45) is 0. The van der Waals surface area contributed by atoms with Crippen molar-refractivity contribution in [1.29, 1.82) is 0 Å². The fourth-order valence-electron chi connectivity index (χ4n) is 1.35. The van der Waals surface area contributed by atoms with Crippen LogP contribution in [-0.2, 0) is 0 Å². The third kappa shape index (κ3) is 2.57. The molecule has 0 saturated heterocycles. The Balaban J connectivity index is 2.33. The van der Waals surface area contributed by atoms with Crippen molar-refractivity contribution in [3.63, 3.8) is 0 Å². The number of rotatable bonds is 3. The lowest BCUT2D eigenvalue weighted by atomic mass is 10.3. The molecule has 0 amide bonds. The van der Waals surface area contributed by atoms with Gasteiger partial charge in [-0.2, -0.15) is 0 Å². The van der Waals surface area contributed by atoms with Gasteiger partial charge in [0.15, 0.2) is 0 Å². The van der Waals surface area contributed by atoms with Gasteiger partial charge in [0, 0.05) is 12.1 Å². The summed E-state index contributed by atoms with van der Waals surface area (Å²) in [5.74, 6) is -0.150. The number of benzene rings is 2. The van der Waals surface area contributed by atoms with Gasteiger partial charge in [-0.15, -0.1) is 0 Å². The second kappa shape index (κ2) is 4.61. The maximum absolute atomic E-state index is 12.9. The van der Waals surface area contributed by atoms with E-state index in [-0.39, 0.29) is 17.2 Å². The zero-order valence-corrected chi connectivity index (χ0v) is 8.67. The summed E-state index contributed by atoms with van der Waals surface area (Å²) >= 11 is 0. The van der Waals surface area contributed by atoms with Crippen molar-refractivity contribution < 1.29 is 14.1 Å². The summed E-state index contributed by atoms with van der Waals surface area (Å²) < 4.78 is 18.2. The minimum absolute atomic E-state index is 0.0862. The van der Waals surface area contributed by atoms with Crippen molar-refractivity contribution in [3.05, 3.63) is 64.5 Å². The van der Waals surface area contributed by atoms with Crippen LogP contribution in [0, 0.1) is 15.9 Å². The number of halogens is 1. The minimum atomic E-state index is -0.547. The normalized spacial score (nSPS) is 9.94. The lowest BCUT2D eigenvalue weighted by molar-refractivity contribution is -0.385. The maximum atomic E-state index is 12.9. The van der Waals surface area contributed by atoms with Gasteiger partial charge in [0.25, 0.3) is 0 Å². The molecule has 0 aromatic heterocycles. The molecule has 0 radical (unpaired) electrons. The molecule has 2 aromatic carbocycles. The number of para-hydroxylation sites is 2. The van der Waals surface area contributed by atoms with E-state index in [2.05, 4.69) is 0 Å². The molecule has 0 aliphatic carbocycles. The highest BCUT2D eigenvalue weighted by molar-refractivity contribution is 5.48. The molecular weight excluding hydrogens is 225 g/mol. The van der Waals surface area contributed by atoms with Gasteiger partial charge in [-0.1, -0.05) is 18.2 Å². The van der Waals surface area contributed by atoms with Gasteiger partial charge in [0.05, 0.1) is 4.92 Å². The van der Waals surface area contributed by atoms with E-state index in [1.54, 1.807) is 6.07 Å². The Morgan fingerprint density at radius 3 is 2.59 bits per heavy atom. The van der Waals surface area contributed by atoms with Gasteiger partial charge < -0.3 is 4.74 Å². The molecule has 2 rings (SSSR count). The van der Waals surface area contributed by atoms with Gasteiger partial charge in [-0.05, 0) is 18.2 Å². The molecule has 17 heavy (non-hydrogen) atoms. The predicted molar refractivity (Wildman–Crippen MR) is 59.6 cm³/mol. The maximum Gasteiger partial charge on any atom is 0.311 e. The van der Waals surface area contributed by atoms with Gasteiger partial charge in [-0.25, -0.2) is 4.39 Å². The molecule has 0 heterocycles. The summed E-state index contributed by atoms with van der Waals surface area (Å²) in [5, 5.41) is 10.7. The van der Waals surface area contributed by atoms with E-state index in [4.69, 9.17) is 4.74 Å². The molecular formula is C12H8FNO3. The van der Waals surface area contributed by atoms with Crippen molar-refractivity contribution in [2.24, 2.45) is 0 Å². The van der Waals surface area contributed by atoms with Gasteiger partial charge >= 0.3 is 5.69 Å². The lowest BCUT2D eigenvalue weighted by Gasteiger charge is -2.05. The van der Waals surface area contributed by atoms with E-state index in [0.29, 0.717) is 0 Å². The summed E-state index contributed by atoms with van der Waals surface area (Å²) in [4.78, 5) is 10.2. The largest absolute Gasteiger partial charge is 0.450 e. The van der Waals surface area contributed by atoms with E-state index in [1.165, 1.54) is 36.4 Å². The number of nitrogens with zero attached hydrogens (tertiary/aromatic N) is 1. The monoisotopic (exact) mass is 233 g/mol. The topological polar surface area (TPSA) is 52.4 Å². The third-order valence-corrected chi connectivity index (χ3v) is 2.09. The first kappa shape index (κ1) is 11.1. The SMILES string of the molecule is O=[N+]([O-])c1ccccc1Oc1cccc(F)c1. The van der Waals surface area contributed by atoms with E-state index in [9.17, 15) is 14.5 Å². The summed E-state index contributed by atoms with van der Waals surface area (Å²) in [6.45, 7) is 0. The predicted octanol–water partition coefficient (Wildman–Crippen LogP) is 3.53. The van der Waals surface area contributed by atoms with Crippen LogP contribution in [0.15, 0.2) is 48.5 Å². The number of nitro benzene ring substituents is 1. The molecule has 0 N–H and O–H groups in total. The molecule has 2 aromatic rings. The first-order valence-corrected chi connectivity index (χ1v) is 4.83. The van der Waals surface area contributed by atoms with Crippen LogP contribution in [0.3, 0.4) is 0 Å². The van der Waals surface area contributed by atoms with E-state index < -0.39 is 10.7 Å². The van der Waals surface area contributed by atoms with Crippen molar-refractivity contribution in [2.45, 2.75) is 0 Å². The molecule has 4 nitrogen and oxygen atoms in total. The van der Waals surface area contributed by atoms with Crippen LogP contribution < -0.4 is 4.74 Å². The Morgan fingerprint density at radius 1 is 1.12 bits per heavy atom. The number of nitro groups is 1. The van der Waals surface area contributed by atoms with Crippen LogP contribution in [0.25, 0.3) is 0 Å². The quantitative estimate of drug-likeness (QED) is 0.602. The Morgan fingerprint density at radius 2 is 1.88 bits per heavy atom. The van der Waals surface area contributed by atoms with Crippen LogP contribution in [-0.4, -0.2) is 4.92 Å². The van der Waals surface area contributed by atoms with Crippen molar-refractivity contribution >= 4 is 5.69 Å². The minimum Gasteiger partial charge on any atom is -0.450 e. The number of hydrogen-bond acceptors (Lipinski definition) is 3. The smallest absolute Gasteiger partial charge is 0.311 e. The molecule has 0 spiro atoms. The standard InChI is InChI=1S/C12H8FNO3/c13-9-4-3-5-10(8-9)17-12-7-2-1-6-11(12)14(15)16/h1-8H. The molecule has 0 aliphatic rings. The average molecular weight is 233 g/mol. The van der Waals surface area contributed by atoms with Crippen LogP contribution in [0.2, 0.25) is 0 Å². The summed E-state index contributed by atoms with van der Waals surface area (Å²) in [5.41, 5.74) is -0.156. The van der Waals surface area contributed by atoms with Crippen LogP contribution in [0.1, 0.15) is 0 Å². The van der Waals surface area contributed by atoms with Crippen molar-refractivity contribution in [3.8, 4) is 11.5 Å². The van der Waals surface area contributed by atoms with Crippen LogP contribution >= 0.6 is 0 Å². The van der Waals surface area contributed by atoms with Gasteiger partial charge in [0.2, 0.25) is 5.75 Å². The molecule has 0 bridgehead atoms. The lowest BCUT2D eigenvalue weighted by Crippen LogP contribution is -1.93. The molecule has 5 heteroatoms. The van der Waals surface area contributed by atoms with E-state index >= 15 is 0 Å². The first-order chi connectivity index (χ1) is 8.16. The third-order valence-electron chi connectivity index (χ3n) is 2.09. The highest BCUT2D eigenvalue weighted by atomic mass is 19.1. The van der Waals surface area contributed by atoms with Crippen LogP contribution in [0.5, 0.6) is 11.5 Å². The van der Waals surface area contributed by atoms with E-state index in [1.807, 2.05) is 0 Å². The second-order valence-electron chi connectivity index (χ2n) is 3.28. The first-order valence-electron chi connectivity index (χ1n) is 4.83. The Bertz CT molecular complexity index is 557. The number of ether oxygens (including phenoxy) is 1. The molecule has 0 saturated carbocycles. The van der Waals surface area contributed by atoms with E-state index in [0.717, 1.165) is 6.07 Å². The Labute approximate surface area is 96.4 Å². The summed E-state index contributed by atoms with van der Waals surface area (Å²) in [7, 11) is 0.